The van der Waals surface area contributed by atoms with Gasteiger partial charge in [-0.15, -0.1) is 0 Å². The standard InChI is InChI=1S/C15H21N3O3/c1-10-8-15(9-10,13(16)17-20)14(19)18(2)11-5-4-6-12(7-11)21-3/h4-7,10,20H,8-9H2,1-3H3,(H2,16,17). The molecule has 1 aliphatic carbocycles. The molecule has 0 unspecified atom stereocenters. The first-order valence-electron chi connectivity index (χ1n) is 6.85. The Morgan fingerprint density at radius 2 is 2.19 bits per heavy atom. The molecule has 1 aliphatic rings. The number of oxime groups is 1. The molecular formula is C15H21N3O3. The maximum Gasteiger partial charge on any atom is 0.240 e. The Bertz CT molecular complexity index is 565. The zero-order valence-corrected chi connectivity index (χ0v) is 12.5. The van der Waals surface area contributed by atoms with Crippen molar-refractivity contribution in [1.29, 1.82) is 0 Å². The van der Waals surface area contributed by atoms with Gasteiger partial charge in [0.2, 0.25) is 5.91 Å². The fraction of sp³-hybridized carbons (Fsp3) is 0.467. The molecule has 1 aromatic carbocycles. The van der Waals surface area contributed by atoms with Crippen molar-refractivity contribution in [1.82, 2.24) is 0 Å². The smallest absolute Gasteiger partial charge is 0.240 e. The number of benzene rings is 1. The number of rotatable bonds is 4. The van der Waals surface area contributed by atoms with Gasteiger partial charge in [0, 0.05) is 18.8 Å². The third-order valence-corrected chi connectivity index (χ3v) is 4.15. The predicted octanol–water partition coefficient (Wildman–Crippen LogP) is 1.82. The Labute approximate surface area is 124 Å². The minimum atomic E-state index is -0.897. The van der Waals surface area contributed by atoms with Gasteiger partial charge in [0.25, 0.3) is 0 Å². The number of carbonyl (C=O) groups is 1. The van der Waals surface area contributed by atoms with Crippen molar-refractivity contribution >= 4 is 17.4 Å². The van der Waals surface area contributed by atoms with Gasteiger partial charge in [-0.3, -0.25) is 4.79 Å². The van der Waals surface area contributed by atoms with E-state index in [-0.39, 0.29) is 11.7 Å². The number of carbonyl (C=O) groups excluding carboxylic acids is 1. The molecule has 114 valence electrons. The number of anilines is 1. The van der Waals surface area contributed by atoms with Gasteiger partial charge in [-0.05, 0) is 30.9 Å². The van der Waals surface area contributed by atoms with Crippen LogP contribution in [0.15, 0.2) is 29.4 Å². The number of ether oxygens (including phenoxy) is 1. The molecule has 1 fully saturated rings. The number of nitrogens with zero attached hydrogens (tertiary/aromatic N) is 2. The van der Waals surface area contributed by atoms with Crippen LogP contribution in [0.4, 0.5) is 5.69 Å². The lowest BCUT2D eigenvalue weighted by Crippen LogP contribution is -2.57. The van der Waals surface area contributed by atoms with E-state index in [1.807, 2.05) is 25.1 Å². The second-order valence-electron chi connectivity index (χ2n) is 5.65. The van der Waals surface area contributed by atoms with Crippen LogP contribution in [-0.4, -0.2) is 31.1 Å². The summed E-state index contributed by atoms with van der Waals surface area (Å²) in [5, 5.41) is 12.0. The summed E-state index contributed by atoms with van der Waals surface area (Å²) in [5.41, 5.74) is 5.59. The lowest BCUT2D eigenvalue weighted by molar-refractivity contribution is -0.130. The first kappa shape index (κ1) is 15.2. The molecule has 3 N–H and O–H groups in total. The van der Waals surface area contributed by atoms with E-state index >= 15 is 0 Å². The van der Waals surface area contributed by atoms with Crippen molar-refractivity contribution in [3.8, 4) is 5.75 Å². The van der Waals surface area contributed by atoms with Crippen LogP contribution < -0.4 is 15.4 Å². The fourth-order valence-corrected chi connectivity index (χ4v) is 2.98. The van der Waals surface area contributed by atoms with Crippen LogP contribution >= 0.6 is 0 Å². The average molecular weight is 291 g/mol. The van der Waals surface area contributed by atoms with E-state index in [4.69, 9.17) is 15.7 Å². The molecule has 0 atom stereocenters. The summed E-state index contributed by atoms with van der Waals surface area (Å²) in [4.78, 5) is 14.3. The summed E-state index contributed by atoms with van der Waals surface area (Å²) in [6.45, 7) is 2.04. The Balaban J connectivity index is 2.29. The highest BCUT2D eigenvalue weighted by atomic mass is 16.5. The first-order chi connectivity index (χ1) is 9.94. The van der Waals surface area contributed by atoms with Crippen molar-refractivity contribution in [3.05, 3.63) is 24.3 Å². The van der Waals surface area contributed by atoms with Crippen molar-refractivity contribution in [3.63, 3.8) is 0 Å². The normalized spacial score (nSPS) is 25.1. The van der Waals surface area contributed by atoms with Crippen LogP contribution in [0.5, 0.6) is 5.75 Å². The highest BCUT2D eigenvalue weighted by Gasteiger charge is 2.53. The summed E-state index contributed by atoms with van der Waals surface area (Å²) in [6.07, 6.45) is 1.19. The van der Waals surface area contributed by atoms with Crippen molar-refractivity contribution in [2.45, 2.75) is 19.8 Å². The van der Waals surface area contributed by atoms with Crippen LogP contribution in [0, 0.1) is 11.3 Å². The van der Waals surface area contributed by atoms with Gasteiger partial charge in [0.1, 0.15) is 11.2 Å². The molecule has 0 heterocycles. The molecule has 1 amide bonds. The lowest BCUT2D eigenvalue weighted by atomic mass is 9.61. The molecular weight excluding hydrogens is 270 g/mol. The Morgan fingerprint density at radius 3 is 2.71 bits per heavy atom. The summed E-state index contributed by atoms with van der Waals surface area (Å²) in [6, 6.07) is 7.23. The monoisotopic (exact) mass is 291 g/mol. The summed E-state index contributed by atoms with van der Waals surface area (Å²) >= 11 is 0. The predicted molar refractivity (Wildman–Crippen MR) is 80.6 cm³/mol. The van der Waals surface area contributed by atoms with Crippen LogP contribution in [0.2, 0.25) is 0 Å². The van der Waals surface area contributed by atoms with E-state index in [0.717, 1.165) is 0 Å². The molecule has 0 bridgehead atoms. The number of amidine groups is 1. The van der Waals surface area contributed by atoms with Gasteiger partial charge in [-0.1, -0.05) is 18.1 Å². The second-order valence-corrected chi connectivity index (χ2v) is 5.65. The maximum atomic E-state index is 12.8. The van der Waals surface area contributed by atoms with E-state index in [0.29, 0.717) is 30.2 Å². The highest BCUT2D eigenvalue weighted by molar-refractivity contribution is 6.13. The van der Waals surface area contributed by atoms with Gasteiger partial charge in [0.15, 0.2) is 5.84 Å². The third kappa shape index (κ3) is 2.53. The van der Waals surface area contributed by atoms with Gasteiger partial charge in [-0.25, -0.2) is 0 Å². The quantitative estimate of drug-likeness (QED) is 0.383. The molecule has 6 nitrogen and oxygen atoms in total. The van der Waals surface area contributed by atoms with E-state index < -0.39 is 5.41 Å². The van der Waals surface area contributed by atoms with Crippen molar-refractivity contribution in [2.24, 2.45) is 22.2 Å². The third-order valence-electron chi connectivity index (χ3n) is 4.15. The number of amides is 1. The fourth-order valence-electron chi connectivity index (χ4n) is 2.98. The largest absolute Gasteiger partial charge is 0.497 e. The minimum Gasteiger partial charge on any atom is -0.497 e. The number of hydrogen-bond acceptors (Lipinski definition) is 4. The molecule has 0 saturated heterocycles. The molecule has 1 saturated carbocycles. The minimum absolute atomic E-state index is 0.0136. The number of nitrogens with two attached hydrogens (primary N) is 1. The first-order valence-corrected chi connectivity index (χ1v) is 6.85. The number of hydrogen-bond donors (Lipinski definition) is 2. The Hall–Kier alpha value is -2.24. The van der Waals surface area contributed by atoms with Gasteiger partial charge < -0.3 is 20.6 Å². The highest BCUT2D eigenvalue weighted by Crippen LogP contribution is 2.47. The summed E-state index contributed by atoms with van der Waals surface area (Å²) < 4.78 is 5.17. The van der Waals surface area contributed by atoms with Crippen molar-refractivity contribution in [2.75, 3.05) is 19.1 Å². The van der Waals surface area contributed by atoms with Crippen LogP contribution in [-0.2, 0) is 4.79 Å². The van der Waals surface area contributed by atoms with E-state index in [2.05, 4.69) is 5.16 Å². The van der Waals surface area contributed by atoms with Gasteiger partial charge in [0.05, 0.1) is 7.11 Å². The lowest BCUT2D eigenvalue weighted by Gasteiger charge is -2.45. The number of methoxy groups -OCH3 is 1. The summed E-state index contributed by atoms with van der Waals surface area (Å²) in [7, 11) is 3.26. The zero-order valence-electron chi connectivity index (χ0n) is 12.5. The van der Waals surface area contributed by atoms with Gasteiger partial charge >= 0.3 is 0 Å². The van der Waals surface area contributed by atoms with E-state index in [9.17, 15) is 4.79 Å². The Kier molecular flexibility index (Phi) is 4.06. The summed E-state index contributed by atoms with van der Waals surface area (Å²) in [5.74, 6) is 0.879. The average Bonchev–Trinajstić information content (AvgIpc) is 2.49. The molecule has 0 aromatic heterocycles. The zero-order chi connectivity index (χ0) is 15.6. The molecule has 1 aromatic rings. The molecule has 21 heavy (non-hydrogen) atoms. The Morgan fingerprint density at radius 1 is 1.52 bits per heavy atom. The van der Waals surface area contributed by atoms with Crippen molar-refractivity contribution < 1.29 is 14.7 Å². The topological polar surface area (TPSA) is 88.2 Å². The van der Waals surface area contributed by atoms with Crippen LogP contribution in [0.3, 0.4) is 0 Å². The maximum absolute atomic E-state index is 12.8. The van der Waals surface area contributed by atoms with Crippen LogP contribution in [0.1, 0.15) is 19.8 Å². The van der Waals surface area contributed by atoms with Crippen LogP contribution in [0.25, 0.3) is 0 Å². The molecule has 2 rings (SSSR count). The molecule has 0 spiro atoms. The van der Waals surface area contributed by atoms with Gasteiger partial charge in [-0.2, -0.15) is 0 Å². The second kappa shape index (κ2) is 5.63. The molecule has 0 radical (unpaired) electrons. The van der Waals surface area contributed by atoms with E-state index in [1.54, 1.807) is 20.2 Å². The SMILES string of the molecule is COc1cccc(N(C)C(=O)C2(/C(N)=N/O)CC(C)C2)c1. The molecule has 6 heteroatoms. The van der Waals surface area contributed by atoms with E-state index in [1.165, 1.54) is 4.90 Å². The molecule has 0 aliphatic heterocycles.